The Morgan fingerprint density at radius 2 is 2.10 bits per heavy atom. The van der Waals surface area contributed by atoms with Crippen LogP contribution in [0.25, 0.3) is 6.08 Å². The smallest absolute Gasteiger partial charge is 0.293 e. The van der Waals surface area contributed by atoms with Gasteiger partial charge in [0.05, 0.1) is 11.5 Å². The number of phenols is 1. The average Bonchev–Trinajstić information content (AvgIpc) is 2.69. The predicted molar refractivity (Wildman–Crippen MR) is 85.3 cm³/mol. The highest BCUT2D eigenvalue weighted by molar-refractivity contribution is 9.10. The molecular weight excluding hydrogens is 358 g/mol. The van der Waals surface area contributed by atoms with E-state index in [1.165, 1.54) is 11.0 Å². The summed E-state index contributed by atoms with van der Waals surface area (Å²) in [7, 11) is 0. The van der Waals surface area contributed by atoms with E-state index in [0.29, 0.717) is 33.8 Å². The maximum absolute atomic E-state index is 12.1. The fourth-order valence-electron chi connectivity index (χ4n) is 1.85. The Hall–Kier alpha value is -1.47. The van der Waals surface area contributed by atoms with E-state index in [4.69, 9.17) is 4.74 Å². The van der Waals surface area contributed by atoms with Gasteiger partial charge in [-0.15, -0.1) is 0 Å². The van der Waals surface area contributed by atoms with Crippen LogP contribution in [0.15, 0.2) is 21.5 Å². The third-order valence-electron chi connectivity index (χ3n) is 2.85. The van der Waals surface area contributed by atoms with Gasteiger partial charge in [0.1, 0.15) is 0 Å². The molecule has 1 heterocycles. The molecule has 0 bridgehead atoms. The van der Waals surface area contributed by atoms with E-state index in [-0.39, 0.29) is 16.9 Å². The number of carbonyl (C=O) groups is 2. The molecule has 112 valence electrons. The second kappa shape index (κ2) is 6.53. The zero-order valence-corrected chi connectivity index (χ0v) is 14.0. The second-order valence-electron chi connectivity index (χ2n) is 4.20. The van der Waals surface area contributed by atoms with Crippen molar-refractivity contribution in [1.29, 1.82) is 0 Å². The fourth-order valence-corrected chi connectivity index (χ4v) is 3.19. The van der Waals surface area contributed by atoms with E-state index in [1.54, 1.807) is 19.1 Å². The Morgan fingerprint density at radius 3 is 2.67 bits per heavy atom. The highest BCUT2D eigenvalue weighted by atomic mass is 79.9. The summed E-state index contributed by atoms with van der Waals surface area (Å²) in [6.45, 7) is 4.33. The number of rotatable bonds is 4. The van der Waals surface area contributed by atoms with Crippen molar-refractivity contribution in [1.82, 2.24) is 4.90 Å². The van der Waals surface area contributed by atoms with Crippen LogP contribution in [-0.4, -0.2) is 34.3 Å². The number of benzene rings is 1. The van der Waals surface area contributed by atoms with Crippen molar-refractivity contribution in [2.24, 2.45) is 0 Å². The normalized spacial score (nSPS) is 16.9. The van der Waals surface area contributed by atoms with E-state index in [9.17, 15) is 14.7 Å². The van der Waals surface area contributed by atoms with Crippen LogP contribution in [0.4, 0.5) is 4.79 Å². The number of aromatic hydroxyl groups is 1. The lowest BCUT2D eigenvalue weighted by Gasteiger charge is -2.09. The molecule has 0 aromatic heterocycles. The van der Waals surface area contributed by atoms with Gasteiger partial charge >= 0.3 is 0 Å². The summed E-state index contributed by atoms with van der Waals surface area (Å²) >= 11 is 4.24. The first-order valence-electron chi connectivity index (χ1n) is 6.38. The first kappa shape index (κ1) is 15.9. The van der Waals surface area contributed by atoms with E-state index in [2.05, 4.69) is 15.9 Å². The Balaban J connectivity index is 2.39. The van der Waals surface area contributed by atoms with E-state index >= 15 is 0 Å². The number of thioether (sulfide) groups is 1. The van der Waals surface area contributed by atoms with Crippen LogP contribution in [0.3, 0.4) is 0 Å². The van der Waals surface area contributed by atoms with Crippen molar-refractivity contribution >= 4 is 44.9 Å². The van der Waals surface area contributed by atoms with E-state index in [0.717, 1.165) is 11.8 Å². The summed E-state index contributed by atoms with van der Waals surface area (Å²) in [6, 6.07) is 3.13. The van der Waals surface area contributed by atoms with Crippen LogP contribution in [0.5, 0.6) is 11.5 Å². The molecule has 0 radical (unpaired) electrons. The van der Waals surface area contributed by atoms with Gasteiger partial charge in [0, 0.05) is 11.0 Å². The molecule has 0 unspecified atom stereocenters. The molecule has 0 atom stereocenters. The number of likely N-dealkylation sites (N-methyl/N-ethyl adjacent to an activating group) is 1. The highest BCUT2D eigenvalue weighted by Gasteiger charge is 2.33. The molecule has 0 spiro atoms. The molecule has 1 aliphatic rings. The van der Waals surface area contributed by atoms with Gasteiger partial charge in [0.2, 0.25) is 0 Å². The Kier molecular flexibility index (Phi) is 4.95. The number of phenolic OH excluding ortho intramolecular Hbond substituents is 1. The molecule has 7 heteroatoms. The van der Waals surface area contributed by atoms with Gasteiger partial charge in [0.25, 0.3) is 11.1 Å². The van der Waals surface area contributed by atoms with Gasteiger partial charge in [0.15, 0.2) is 11.5 Å². The molecule has 5 nitrogen and oxygen atoms in total. The SMILES string of the molecule is CCOc1cc(/C=C2/SC(=O)N(CC)C2=O)c(Br)cc1O. The summed E-state index contributed by atoms with van der Waals surface area (Å²) in [4.78, 5) is 25.3. The lowest BCUT2D eigenvalue weighted by molar-refractivity contribution is -0.122. The number of nitrogens with zero attached hydrogens (tertiary/aromatic N) is 1. The van der Waals surface area contributed by atoms with Crippen molar-refractivity contribution in [2.45, 2.75) is 13.8 Å². The third-order valence-corrected chi connectivity index (χ3v) is 4.45. The molecule has 0 aliphatic carbocycles. The van der Waals surface area contributed by atoms with Gasteiger partial charge in [-0.2, -0.15) is 0 Å². The van der Waals surface area contributed by atoms with Crippen molar-refractivity contribution in [3.63, 3.8) is 0 Å². The maximum atomic E-state index is 12.1. The fraction of sp³-hybridized carbons (Fsp3) is 0.286. The number of carbonyl (C=O) groups excluding carboxylic acids is 2. The summed E-state index contributed by atoms with van der Waals surface area (Å²) in [5, 5.41) is 9.50. The Morgan fingerprint density at radius 1 is 1.38 bits per heavy atom. The molecule has 2 amide bonds. The molecule has 2 rings (SSSR count). The average molecular weight is 372 g/mol. The molecule has 1 fully saturated rings. The first-order valence-corrected chi connectivity index (χ1v) is 7.99. The molecule has 1 saturated heterocycles. The number of ether oxygens (including phenoxy) is 1. The molecular formula is C14H14BrNO4S. The van der Waals surface area contributed by atoms with Gasteiger partial charge in [-0.3, -0.25) is 14.5 Å². The first-order chi connectivity index (χ1) is 9.97. The van der Waals surface area contributed by atoms with Gasteiger partial charge in [-0.1, -0.05) is 15.9 Å². The highest BCUT2D eigenvalue weighted by Crippen LogP contribution is 2.37. The lowest BCUT2D eigenvalue weighted by Crippen LogP contribution is -2.27. The maximum Gasteiger partial charge on any atom is 0.293 e. The van der Waals surface area contributed by atoms with Crippen LogP contribution < -0.4 is 4.74 Å². The van der Waals surface area contributed by atoms with Crippen LogP contribution in [0.1, 0.15) is 19.4 Å². The summed E-state index contributed by atoms with van der Waals surface area (Å²) in [6.07, 6.45) is 1.62. The molecule has 0 saturated carbocycles. The van der Waals surface area contributed by atoms with Crippen molar-refractivity contribution < 1.29 is 19.4 Å². The van der Waals surface area contributed by atoms with Gasteiger partial charge in [-0.05, 0) is 49.4 Å². The standard InChI is InChI=1S/C14H14BrNO4S/c1-3-16-13(18)12(21-14(16)19)6-8-5-11(20-4-2)10(17)7-9(8)15/h5-7,17H,3-4H2,1-2H3/b12-6+. The molecule has 1 aliphatic heterocycles. The van der Waals surface area contributed by atoms with Crippen LogP contribution >= 0.6 is 27.7 Å². The van der Waals surface area contributed by atoms with Crippen LogP contribution in [-0.2, 0) is 4.79 Å². The predicted octanol–water partition coefficient (Wildman–Crippen LogP) is 3.61. The van der Waals surface area contributed by atoms with Gasteiger partial charge < -0.3 is 9.84 Å². The van der Waals surface area contributed by atoms with Gasteiger partial charge in [-0.25, -0.2) is 0 Å². The van der Waals surface area contributed by atoms with Crippen LogP contribution in [0.2, 0.25) is 0 Å². The molecule has 1 aromatic carbocycles. The number of imide groups is 1. The zero-order valence-electron chi connectivity index (χ0n) is 11.6. The minimum absolute atomic E-state index is 0.0162. The minimum Gasteiger partial charge on any atom is -0.504 e. The quantitative estimate of drug-likeness (QED) is 0.818. The topological polar surface area (TPSA) is 66.8 Å². The number of amides is 2. The summed E-state index contributed by atoms with van der Waals surface area (Å²) < 4.78 is 5.94. The van der Waals surface area contributed by atoms with E-state index in [1.807, 2.05) is 6.92 Å². The number of halogens is 1. The minimum atomic E-state index is -0.301. The monoisotopic (exact) mass is 371 g/mol. The Labute approximate surface area is 135 Å². The number of hydrogen-bond acceptors (Lipinski definition) is 5. The van der Waals surface area contributed by atoms with Crippen LogP contribution in [0, 0.1) is 0 Å². The number of hydrogen-bond donors (Lipinski definition) is 1. The molecule has 21 heavy (non-hydrogen) atoms. The molecule has 1 aromatic rings. The second-order valence-corrected chi connectivity index (χ2v) is 6.05. The van der Waals surface area contributed by atoms with Crippen molar-refractivity contribution in [3.05, 3.63) is 27.1 Å². The van der Waals surface area contributed by atoms with Crippen molar-refractivity contribution in [3.8, 4) is 11.5 Å². The van der Waals surface area contributed by atoms with Crippen molar-refractivity contribution in [2.75, 3.05) is 13.2 Å². The zero-order chi connectivity index (χ0) is 15.6. The summed E-state index contributed by atoms with van der Waals surface area (Å²) in [5.74, 6) is 0.0506. The van der Waals surface area contributed by atoms with E-state index < -0.39 is 0 Å². The Bertz CT molecular complexity index is 630. The third kappa shape index (κ3) is 3.24. The molecule has 1 N–H and O–H groups in total. The lowest BCUT2D eigenvalue weighted by atomic mass is 10.2. The summed E-state index contributed by atoms with van der Waals surface area (Å²) in [5.41, 5.74) is 0.665. The largest absolute Gasteiger partial charge is 0.504 e.